The highest BCUT2D eigenvalue weighted by molar-refractivity contribution is 5.97. The first kappa shape index (κ1) is 21.5. The van der Waals surface area contributed by atoms with E-state index in [1.165, 1.54) is 23.1 Å². The molecule has 1 heterocycles. The Balaban J connectivity index is 1.57. The normalized spacial score (nSPS) is 15.1. The second kappa shape index (κ2) is 9.56. The third kappa shape index (κ3) is 5.25. The van der Waals surface area contributed by atoms with Crippen molar-refractivity contribution in [3.8, 4) is 11.5 Å². The summed E-state index contributed by atoms with van der Waals surface area (Å²) in [5, 5.41) is 0. The summed E-state index contributed by atoms with van der Waals surface area (Å²) in [6, 6.07) is 13.4. The van der Waals surface area contributed by atoms with Crippen LogP contribution >= 0.6 is 0 Å². The molecule has 1 unspecified atom stereocenters. The molecule has 3 rings (SSSR count). The van der Waals surface area contributed by atoms with E-state index in [-0.39, 0.29) is 17.2 Å². The van der Waals surface area contributed by atoms with E-state index in [0.717, 1.165) is 5.56 Å². The molecule has 0 saturated carbocycles. The number of carbonyl (C=O) groups is 2. The number of aryl methyl sites for hydroxylation is 1. The number of amides is 2. The number of hydrogen-bond donors (Lipinski definition) is 0. The van der Waals surface area contributed by atoms with E-state index in [2.05, 4.69) is 4.74 Å². The molecule has 2 aromatic rings. The molecule has 0 aromatic heterocycles. The maximum absolute atomic E-state index is 12.8. The molecule has 30 heavy (non-hydrogen) atoms. The van der Waals surface area contributed by atoms with Crippen LogP contribution in [0.25, 0.3) is 0 Å². The summed E-state index contributed by atoms with van der Waals surface area (Å²) in [5.41, 5.74) is 1.18. The Kier molecular flexibility index (Phi) is 6.87. The first-order valence-electron chi connectivity index (χ1n) is 9.70. The van der Waals surface area contributed by atoms with Gasteiger partial charge in [0.2, 0.25) is 0 Å². The van der Waals surface area contributed by atoms with Crippen molar-refractivity contribution in [3.05, 3.63) is 59.7 Å². The van der Waals surface area contributed by atoms with Gasteiger partial charge in [0, 0.05) is 26.2 Å². The number of nitrogens with zero attached hydrogens (tertiary/aromatic N) is 2. The zero-order chi connectivity index (χ0) is 21.7. The van der Waals surface area contributed by atoms with Crippen LogP contribution in [0.4, 0.5) is 8.78 Å². The molecular formula is C22H24F2N2O4. The number of para-hydroxylation sites is 1. The van der Waals surface area contributed by atoms with E-state index in [9.17, 15) is 18.4 Å². The third-order valence-corrected chi connectivity index (χ3v) is 4.89. The molecule has 1 atom stereocenters. The van der Waals surface area contributed by atoms with Crippen molar-refractivity contribution in [3.63, 3.8) is 0 Å². The fraction of sp³-hybridized carbons (Fsp3) is 0.364. The van der Waals surface area contributed by atoms with Crippen molar-refractivity contribution in [2.75, 3.05) is 26.2 Å². The van der Waals surface area contributed by atoms with Crippen molar-refractivity contribution in [2.45, 2.75) is 26.6 Å². The Morgan fingerprint density at radius 2 is 1.50 bits per heavy atom. The van der Waals surface area contributed by atoms with Crippen LogP contribution < -0.4 is 9.47 Å². The van der Waals surface area contributed by atoms with E-state index < -0.39 is 18.6 Å². The summed E-state index contributed by atoms with van der Waals surface area (Å²) in [6.07, 6.45) is -0.657. The Hall–Kier alpha value is -3.16. The molecule has 0 aliphatic carbocycles. The van der Waals surface area contributed by atoms with Gasteiger partial charge in [-0.15, -0.1) is 0 Å². The van der Waals surface area contributed by atoms with E-state index in [4.69, 9.17) is 4.74 Å². The van der Waals surface area contributed by atoms with E-state index in [1.54, 1.807) is 17.9 Å². The van der Waals surface area contributed by atoms with Crippen LogP contribution in [0.15, 0.2) is 48.5 Å². The standard InChI is InChI=1S/C22H24F2N2O4/c1-15-7-9-17(10-8-15)29-16(2)20(27)25-11-13-26(14-12-25)21(28)18-5-3-4-6-19(18)30-22(23)24/h3-10,16,22H,11-14H2,1-2H3. The number of hydrogen-bond acceptors (Lipinski definition) is 4. The van der Waals surface area contributed by atoms with Gasteiger partial charge in [0.15, 0.2) is 6.10 Å². The molecule has 1 aliphatic rings. The number of alkyl halides is 2. The number of halogens is 2. The molecular weight excluding hydrogens is 394 g/mol. The number of ether oxygens (including phenoxy) is 2. The minimum Gasteiger partial charge on any atom is -0.481 e. The van der Waals surface area contributed by atoms with Crippen molar-refractivity contribution < 1.29 is 27.8 Å². The quantitative estimate of drug-likeness (QED) is 0.722. The lowest BCUT2D eigenvalue weighted by molar-refractivity contribution is -0.139. The summed E-state index contributed by atoms with van der Waals surface area (Å²) in [4.78, 5) is 28.6. The predicted molar refractivity (Wildman–Crippen MR) is 107 cm³/mol. The topological polar surface area (TPSA) is 59.1 Å². The van der Waals surface area contributed by atoms with E-state index >= 15 is 0 Å². The molecule has 2 aromatic carbocycles. The maximum atomic E-state index is 12.8. The summed E-state index contributed by atoms with van der Waals surface area (Å²) in [7, 11) is 0. The largest absolute Gasteiger partial charge is 0.481 e. The molecule has 0 bridgehead atoms. The lowest BCUT2D eigenvalue weighted by Gasteiger charge is -2.36. The van der Waals surface area contributed by atoms with Crippen LogP contribution in [0.2, 0.25) is 0 Å². The first-order chi connectivity index (χ1) is 14.3. The molecule has 0 N–H and O–H groups in total. The summed E-state index contributed by atoms with van der Waals surface area (Å²) in [6.45, 7) is 1.92. The molecule has 160 valence electrons. The Labute approximate surface area is 174 Å². The van der Waals surface area contributed by atoms with Crippen LogP contribution in [0.3, 0.4) is 0 Å². The zero-order valence-electron chi connectivity index (χ0n) is 16.9. The average Bonchev–Trinajstić information content (AvgIpc) is 2.74. The van der Waals surface area contributed by atoms with Crippen molar-refractivity contribution in [1.82, 2.24) is 9.80 Å². The molecule has 2 amide bonds. The van der Waals surface area contributed by atoms with Gasteiger partial charge < -0.3 is 19.3 Å². The number of rotatable bonds is 6. The fourth-order valence-corrected chi connectivity index (χ4v) is 3.27. The van der Waals surface area contributed by atoms with Crippen LogP contribution in [0, 0.1) is 6.92 Å². The van der Waals surface area contributed by atoms with Gasteiger partial charge in [0.1, 0.15) is 11.5 Å². The smallest absolute Gasteiger partial charge is 0.387 e. The summed E-state index contributed by atoms with van der Waals surface area (Å²) < 4.78 is 35.4. The Bertz CT molecular complexity index is 881. The van der Waals surface area contributed by atoms with Crippen LogP contribution in [-0.4, -0.2) is 60.5 Å². The fourth-order valence-electron chi connectivity index (χ4n) is 3.27. The van der Waals surface area contributed by atoms with Gasteiger partial charge in [0.05, 0.1) is 5.56 Å². The molecule has 0 radical (unpaired) electrons. The van der Waals surface area contributed by atoms with Crippen molar-refractivity contribution in [1.29, 1.82) is 0 Å². The second-order valence-electron chi connectivity index (χ2n) is 7.07. The highest BCUT2D eigenvalue weighted by Crippen LogP contribution is 2.23. The summed E-state index contributed by atoms with van der Waals surface area (Å²) in [5.74, 6) is -0.103. The van der Waals surface area contributed by atoms with Crippen LogP contribution in [0.1, 0.15) is 22.8 Å². The first-order valence-corrected chi connectivity index (χ1v) is 9.70. The highest BCUT2D eigenvalue weighted by Gasteiger charge is 2.29. The molecule has 6 nitrogen and oxygen atoms in total. The Morgan fingerprint density at radius 1 is 0.900 bits per heavy atom. The lowest BCUT2D eigenvalue weighted by atomic mass is 10.1. The van der Waals surface area contributed by atoms with Gasteiger partial charge in [-0.25, -0.2) is 0 Å². The van der Waals surface area contributed by atoms with Gasteiger partial charge >= 0.3 is 6.61 Å². The Morgan fingerprint density at radius 3 is 2.13 bits per heavy atom. The van der Waals surface area contributed by atoms with Gasteiger partial charge in [-0.3, -0.25) is 9.59 Å². The third-order valence-electron chi connectivity index (χ3n) is 4.89. The minimum absolute atomic E-state index is 0.0775. The molecule has 1 fully saturated rings. The van der Waals surface area contributed by atoms with Crippen LogP contribution in [-0.2, 0) is 4.79 Å². The van der Waals surface area contributed by atoms with Crippen molar-refractivity contribution in [2.24, 2.45) is 0 Å². The van der Waals surface area contributed by atoms with Crippen molar-refractivity contribution >= 4 is 11.8 Å². The minimum atomic E-state index is -3.01. The number of benzene rings is 2. The zero-order valence-corrected chi connectivity index (χ0v) is 16.9. The highest BCUT2D eigenvalue weighted by atomic mass is 19.3. The summed E-state index contributed by atoms with van der Waals surface area (Å²) >= 11 is 0. The SMILES string of the molecule is Cc1ccc(OC(C)C(=O)N2CCN(C(=O)c3ccccc3OC(F)F)CC2)cc1. The van der Waals surface area contributed by atoms with Gasteiger partial charge in [0.25, 0.3) is 11.8 Å². The van der Waals surface area contributed by atoms with Crippen LogP contribution in [0.5, 0.6) is 11.5 Å². The molecule has 8 heteroatoms. The molecule has 1 saturated heterocycles. The molecule has 0 spiro atoms. The van der Waals surface area contributed by atoms with Gasteiger partial charge in [-0.2, -0.15) is 8.78 Å². The van der Waals surface area contributed by atoms with E-state index in [0.29, 0.717) is 31.9 Å². The maximum Gasteiger partial charge on any atom is 0.387 e. The van der Waals surface area contributed by atoms with E-state index in [1.807, 2.05) is 31.2 Å². The predicted octanol–water partition coefficient (Wildman–Crippen LogP) is 3.35. The van der Waals surface area contributed by atoms with Gasteiger partial charge in [-0.1, -0.05) is 29.8 Å². The average molecular weight is 418 g/mol. The lowest BCUT2D eigenvalue weighted by Crippen LogP contribution is -2.53. The monoisotopic (exact) mass is 418 g/mol. The second-order valence-corrected chi connectivity index (χ2v) is 7.07. The number of carbonyl (C=O) groups excluding carboxylic acids is 2. The number of piperazine rings is 1. The van der Waals surface area contributed by atoms with Gasteiger partial charge in [-0.05, 0) is 38.1 Å². The molecule has 1 aliphatic heterocycles.